The number of rotatable bonds is 7. The Labute approximate surface area is 369 Å². The van der Waals surface area contributed by atoms with Gasteiger partial charge in [0, 0.05) is 0 Å². The fraction of sp³-hybridized carbons (Fsp3) is 0.0159. The van der Waals surface area contributed by atoms with E-state index in [9.17, 15) is 0 Å². The van der Waals surface area contributed by atoms with Gasteiger partial charge in [-0.25, -0.2) is 0 Å². The molecule has 0 nitrogen and oxygen atoms in total. The Hall–Kier alpha value is -8.06. The summed E-state index contributed by atoms with van der Waals surface area (Å²) >= 11 is 0. The van der Waals surface area contributed by atoms with E-state index < -0.39 is 5.41 Å². The molecular formula is C63H42. The minimum absolute atomic E-state index is 0.610. The lowest BCUT2D eigenvalue weighted by Crippen LogP contribution is -2.28. The van der Waals surface area contributed by atoms with Crippen LogP contribution in [0.25, 0.3) is 88.3 Å². The molecule has 0 saturated carbocycles. The highest BCUT2D eigenvalue weighted by molar-refractivity contribution is 6.11. The van der Waals surface area contributed by atoms with Crippen molar-refractivity contribution >= 4 is 21.5 Å². The van der Waals surface area contributed by atoms with Crippen molar-refractivity contribution in [3.63, 3.8) is 0 Å². The monoisotopic (exact) mass is 798 g/mol. The third kappa shape index (κ3) is 5.98. The van der Waals surface area contributed by atoms with Gasteiger partial charge in [0.1, 0.15) is 0 Å². The minimum atomic E-state index is -0.610. The molecule has 0 bridgehead atoms. The highest BCUT2D eigenvalue weighted by Gasteiger charge is 2.47. The first kappa shape index (κ1) is 36.8. The first-order valence-electron chi connectivity index (χ1n) is 21.9. The molecule has 11 aromatic rings. The van der Waals surface area contributed by atoms with E-state index in [1.165, 1.54) is 111 Å². The first-order valence-corrected chi connectivity index (χ1v) is 21.9. The second-order valence-corrected chi connectivity index (χ2v) is 16.7. The van der Waals surface area contributed by atoms with E-state index >= 15 is 0 Å². The van der Waals surface area contributed by atoms with Crippen molar-refractivity contribution in [3.05, 3.63) is 277 Å². The Kier molecular flexibility index (Phi) is 8.83. The molecule has 0 N–H and O–H groups in total. The summed E-state index contributed by atoms with van der Waals surface area (Å²) in [5.41, 5.74) is 19.2. The van der Waals surface area contributed by atoms with Gasteiger partial charge in [-0.2, -0.15) is 0 Å². The van der Waals surface area contributed by atoms with Gasteiger partial charge in [0.05, 0.1) is 5.41 Å². The summed E-state index contributed by atoms with van der Waals surface area (Å²) in [5.74, 6) is 0. The molecule has 0 spiro atoms. The summed E-state index contributed by atoms with van der Waals surface area (Å²) in [4.78, 5) is 0. The standard InChI is InChI=1S/C63H42/c1-6-20-43(21-7-1)47-38-48(44-22-8-2-9-23-44)40-49(39-47)59-42-61-62(57-33-19-18-32-56(57)59)58-35-34-46(41-60(58)63(61,50-26-12-4-13-27-50)51-28-14-5-15-29-51)53-37-36-52(45-24-10-3-11-25-45)54-30-16-17-31-55(53)54/h1-42H. The van der Waals surface area contributed by atoms with E-state index in [4.69, 9.17) is 0 Å². The van der Waals surface area contributed by atoms with E-state index in [1.807, 2.05) is 0 Å². The summed E-state index contributed by atoms with van der Waals surface area (Å²) in [6, 6.07) is 94.3. The fourth-order valence-electron chi connectivity index (χ4n) is 10.5. The maximum absolute atomic E-state index is 2.54. The number of benzene rings is 11. The van der Waals surface area contributed by atoms with Crippen LogP contribution >= 0.6 is 0 Å². The predicted molar refractivity (Wildman–Crippen MR) is 266 cm³/mol. The lowest BCUT2D eigenvalue weighted by molar-refractivity contribution is 0.769. The molecule has 0 unspecified atom stereocenters. The second-order valence-electron chi connectivity index (χ2n) is 16.7. The Bertz CT molecular complexity index is 3360. The van der Waals surface area contributed by atoms with Crippen LogP contribution in [0.5, 0.6) is 0 Å². The van der Waals surface area contributed by atoms with Gasteiger partial charge < -0.3 is 0 Å². The topological polar surface area (TPSA) is 0 Å². The predicted octanol–water partition coefficient (Wildman–Crippen LogP) is 16.7. The van der Waals surface area contributed by atoms with Gasteiger partial charge in [-0.3, -0.25) is 0 Å². The quantitative estimate of drug-likeness (QED) is 0.151. The Morgan fingerprint density at radius 1 is 0.206 bits per heavy atom. The van der Waals surface area contributed by atoms with Gasteiger partial charge in [0.2, 0.25) is 0 Å². The molecule has 294 valence electrons. The molecule has 11 aromatic carbocycles. The van der Waals surface area contributed by atoms with Gasteiger partial charge in [-0.05, 0) is 141 Å². The van der Waals surface area contributed by atoms with Crippen LogP contribution in [0, 0.1) is 0 Å². The van der Waals surface area contributed by atoms with Crippen molar-refractivity contribution in [1.82, 2.24) is 0 Å². The largest absolute Gasteiger partial charge is 0.0714 e. The molecule has 0 fully saturated rings. The maximum atomic E-state index is 2.54. The van der Waals surface area contributed by atoms with Crippen LogP contribution in [0.2, 0.25) is 0 Å². The summed E-state index contributed by atoms with van der Waals surface area (Å²) < 4.78 is 0. The van der Waals surface area contributed by atoms with Crippen LogP contribution in [0.15, 0.2) is 255 Å². The molecule has 0 amide bonds. The lowest BCUT2D eigenvalue weighted by atomic mass is 9.67. The molecule has 63 heavy (non-hydrogen) atoms. The van der Waals surface area contributed by atoms with Crippen LogP contribution in [0.1, 0.15) is 22.3 Å². The SMILES string of the molecule is c1ccc(-c2cc(-c3ccccc3)cc(-c3cc4c(c5ccccc35)-c3ccc(-c5ccc(-c6ccccc6)c6ccccc56)cc3C4(c3ccccc3)c3ccccc3)c2)cc1. The van der Waals surface area contributed by atoms with Crippen LogP contribution in [0.3, 0.4) is 0 Å². The highest BCUT2D eigenvalue weighted by atomic mass is 14.5. The molecule has 0 aromatic heterocycles. The first-order chi connectivity index (χ1) is 31.3. The molecule has 0 saturated heterocycles. The molecule has 0 atom stereocenters. The number of hydrogen-bond donors (Lipinski definition) is 0. The van der Waals surface area contributed by atoms with Crippen molar-refractivity contribution in [3.8, 4) is 66.8 Å². The summed E-state index contributed by atoms with van der Waals surface area (Å²) in [7, 11) is 0. The van der Waals surface area contributed by atoms with Crippen molar-refractivity contribution < 1.29 is 0 Å². The van der Waals surface area contributed by atoms with E-state index in [-0.39, 0.29) is 0 Å². The van der Waals surface area contributed by atoms with Gasteiger partial charge in [0.25, 0.3) is 0 Å². The van der Waals surface area contributed by atoms with Crippen LogP contribution in [-0.2, 0) is 5.41 Å². The fourth-order valence-corrected chi connectivity index (χ4v) is 10.5. The van der Waals surface area contributed by atoms with Crippen LogP contribution in [-0.4, -0.2) is 0 Å². The molecule has 12 rings (SSSR count). The van der Waals surface area contributed by atoms with Crippen molar-refractivity contribution in [2.75, 3.05) is 0 Å². The van der Waals surface area contributed by atoms with E-state index in [0.29, 0.717) is 0 Å². The van der Waals surface area contributed by atoms with E-state index in [2.05, 4.69) is 255 Å². The van der Waals surface area contributed by atoms with Crippen molar-refractivity contribution in [2.45, 2.75) is 5.41 Å². The van der Waals surface area contributed by atoms with Gasteiger partial charge >= 0.3 is 0 Å². The summed E-state index contributed by atoms with van der Waals surface area (Å²) in [6.07, 6.45) is 0. The zero-order valence-electron chi connectivity index (χ0n) is 34.7. The third-order valence-electron chi connectivity index (χ3n) is 13.3. The van der Waals surface area contributed by atoms with Crippen molar-refractivity contribution in [1.29, 1.82) is 0 Å². The molecule has 0 radical (unpaired) electrons. The number of hydrogen-bond acceptors (Lipinski definition) is 0. The third-order valence-corrected chi connectivity index (χ3v) is 13.3. The van der Waals surface area contributed by atoms with Crippen LogP contribution < -0.4 is 0 Å². The van der Waals surface area contributed by atoms with E-state index in [0.717, 1.165) is 0 Å². The average Bonchev–Trinajstić information content (AvgIpc) is 3.67. The molecular weight excluding hydrogens is 757 g/mol. The van der Waals surface area contributed by atoms with Gasteiger partial charge in [0.15, 0.2) is 0 Å². The minimum Gasteiger partial charge on any atom is -0.0622 e. The summed E-state index contributed by atoms with van der Waals surface area (Å²) in [5, 5.41) is 5.01. The number of fused-ring (bicyclic) bond motifs is 6. The summed E-state index contributed by atoms with van der Waals surface area (Å²) in [6.45, 7) is 0. The average molecular weight is 799 g/mol. The Morgan fingerprint density at radius 2 is 0.603 bits per heavy atom. The molecule has 0 heterocycles. The highest BCUT2D eigenvalue weighted by Crippen LogP contribution is 2.60. The van der Waals surface area contributed by atoms with Crippen LogP contribution in [0.4, 0.5) is 0 Å². The lowest BCUT2D eigenvalue weighted by Gasteiger charge is -2.34. The van der Waals surface area contributed by atoms with Gasteiger partial charge in [-0.15, -0.1) is 0 Å². The Balaban J connectivity index is 1.16. The smallest absolute Gasteiger partial charge is 0.0622 e. The normalized spacial score (nSPS) is 12.6. The molecule has 1 aliphatic rings. The molecule has 0 heteroatoms. The van der Waals surface area contributed by atoms with Crippen molar-refractivity contribution in [2.24, 2.45) is 0 Å². The van der Waals surface area contributed by atoms with Gasteiger partial charge in [-0.1, -0.05) is 224 Å². The zero-order chi connectivity index (χ0) is 41.7. The van der Waals surface area contributed by atoms with E-state index in [1.54, 1.807) is 0 Å². The molecule has 1 aliphatic carbocycles. The second kappa shape index (κ2) is 15.1. The maximum Gasteiger partial charge on any atom is 0.0714 e. The molecule has 0 aliphatic heterocycles. The Morgan fingerprint density at radius 3 is 1.13 bits per heavy atom. The zero-order valence-corrected chi connectivity index (χ0v) is 34.7.